The Labute approximate surface area is 65.7 Å². The van der Waals surface area contributed by atoms with Gasteiger partial charge in [-0.2, -0.15) is 0 Å². The summed E-state index contributed by atoms with van der Waals surface area (Å²) in [5.74, 6) is -4.37. The monoisotopic (exact) mass is 202 g/mol. The van der Waals surface area contributed by atoms with Gasteiger partial charge in [-0.05, 0) is 0 Å². The Balaban J connectivity index is -0.000000125. The molecular formula is C2FeNiO4+3. The van der Waals surface area contributed by atoms with E-state index in [0.29, 0.717) is 0 Å². The van der Waals surface area contributed by atoms with E-state index in [4.69, 9.17) is 19.8 Å². The minimum absolute atomic E-state index is 0. The number of hydrogen-bond donors (Lipinski definition) is 0. The molecule has 8 heavy (non-hydrogen) atoms. The van der Waals surface area contributed by atoms with E-state index in [9.17, 15) is 0 Å². The van der Waals surface area contributed by atoms with Gasteiger partial charge in [0.15, 0.2) is 0 Å². The van der Waals surface area contributed by atoms with Crippen molar-refractivity contribution in [3.63, 3.8) is 0 Å². The van der Waals surface area contributed by atoms with E-state index in [1.54, 1.807) is 0 Å². The average Bonchev–Trinajstić information content (AvgIpc) is 1.36. The van der Waals surface area contributed by atoms with Crippen LogP contribution in [0.3, 0.4) is 0 Å². The smallest absolute Gasteiger partial charge is 0.543 e. The summed E-state index contributed by atoms with van der Waals surface area (Å²) in [5, 5.41) is 17.9. The van der Waals surface area contributed by atoms with Crippen molar-refractivity contribution in [3.8, 4) is 0 Å². The van der Waals surface area contributed by atoms with E-state index >= 15 is 0 Å². The van der Waals surface area contributed by atoms with Gasteiger partial charge in [0.2, 0.25) is 0 Å². The van der Waals surface area contributed by atoms with E-state index in [1.165, 1.54) is 0 Å². The molecule has 0 aromatic carbocycles. The first-order valence-electron chi connectivity index (χ1n) is 1.07. The van der Waals surface area contributed by atoms with Gasteiger partial charge in [0.1, 0.15) is 0 Å². The number of carboxylic acids is 2. The van der Waals surface area contributed by atoms with Crippen molar-refractivity contribution in [2.75, 3.05) is 0 Å². The SMILES string of the molecule is O=C([O-])C(=O)[O-].[Fe+3].[Ni+2]. The van der Waals surface area contributed by atoms with Crippen LogP contribution in [0.4, 0.5) is 0 Å². The third kappa shape index (κ3) is 9.35. The van der Waals surface area contributed by atoms with Crippen molar-refractivity contribution in [3.05, 3.63) is 0 Å². The molecule has 0 fully saturated rings. The molecule has 0 amide bonds. The number of hydrogen-bond acceptors (Lipinski definition) is 4. The predicted molar refractivity (Wildman–Crippen MR) is 10.0 cm³/mol. The van der Waals surface area contributed by atoms with Gasteiger partial charge >= 0.3 is 33.6 Å². The molecule has 0 aliphatic heterocycles. The summed E-state index contributed by atoms with van der Waals surface area (Å²) in [4.78, 5) is 17.9. The molecule has 0 unspecified atom stereocenters. The van der Waals surface area contributed by atoms with Crippen LogP contribution in [0.15, 0.2) is 0 Å². The van der Waals surface area contributed by atoms with Crippen molar-refractivity contribution >= 4 is 11.9 Å². The second-order valence-electron chi connectivity index (χ2n) is 0.575. The summed E-state index contributed by atoms with van der Waals surface area (Å²) >= 11 is 0. The molecular weight excluding hydrogens is 203 g/mol. The maximum Gasteiger partial charge on any atom is 3.00 e. The Hall–Kier alpha value is -0.0470. The van der Waals surface area contributed by atoms with Crippen LogP contribution in [-0.2, 0) is 43.1 Å². The maximum absolute atomic E-state index is 8.93. The Morgan fingerprint density at radius 3 is 1.12 bits per heavy atom. The zero-order valence-electron chi connectivity index (χ0n) is 3.30. The zero-order chi connectivity index (χ0) is 5.15. The second-order valence-corrected chi connectivity index (χ2v) is 0.575. The number of aliphatic carboxylic acids is 2. The summed E-state index contributed by atoms with van der Waals surface area (Å²) in [6.45, 7) is 0. The Kier molecular flexibility index (Phi) is 13.6. The molecule has 0 aliphatic carbocycles. The van der Waals surface area contributed by atoms with Gasteiger partial charge in [0, 0.05) is 0 Å². The topological polar surface area (TPSA) is 80.3 Å². The molecule has 0 atom stereocenters. The Morgan fingerprint density at radius 2 is 1.12 bits per heavy atom. The molecule has 1 radical (unpaired) electrons. The van der Waals surface area contributed by atoms with Crippen molar-refractivity contribution in [2.24, 2.45) is 0 Å². The van der Waals surface area contributed by atoms with Crippen molar-refractivity contribution in [2.45, 2.75) is 0 Å². The van der Waals surface area contributed by atoms with Gasteiger partial charge in [-0.3, -0.25) is 0 Å². The van der Waals surface area contributed by atoms with Crippen molar-refractivity contribution < 1.29 is 53.4 Å². The van der Waals surface area contributed by atoms with Gasteiger partial charge < -0.3 is 19.8 Å². The fourth-order valence-corrected chi connectivity index (χ4v) is 0. The first-order chi connectivity index (χ1) is 2.64. The third-order valence-electron chi connectivity index (χ3n) is 0.167. The molecule has 47 valence electrons. The second kappa shape index (κ2) is 6.95. The summed E-state index contributed by atoms with van der Waals surface area (Å²) in [5.41, 5.74) is 0. The van der Waals surface area contributed by atoms with Crippen LogP contribution >= 0.6 is 0 Å². The van der Waals surface area contributed by atoms with Gasteiger partial charge in [0.25, 0.3) is 0 Å². The summed E-state index contributed by atoms with van der Waals surface area (Å²) in [6.07, 6.45) is 0. The van der Waals surface area contributed by atoms with Crippen LogP contribution < -0.4 is 10.2 Å². The predicted octanol–water partition coefficient (Wildman–Crippen LogP) is -3.52. The molecule has 0 saturated heterocycles. The average molecular weight is 203 g/mol. The van der Waals surface area contributed by atoms with E-state index < -0.39 is 11.9 Å². The molecule has 6 heteroatoms. The molecule has 0 N–H and O–H groups in total. The van der Waals surface area contributed by atoms with Crippen LogP contribution in [0.1, 0.15) is 0 Å². The number of rotatable bonds is 0. The van der Waals surface area contributed by atoms with Crippen LogP contribution in [0.25, 0.3) is 0 Å². The van der Waals surface area contributed by atoms with E-state index in [0.717, 1.165) is 0 Å². The molecule has 0 heterocycles. The molecule has 0 saturated carbocycles. The molecule has 4 nitrogen and oxygen atoms in total. The summed E-state index contributed by atoms with van der Waals surface area (Å²) in [7, 11) is 0. The van der Waals surface area contributed by atoms with E-state index in [-0.39, 0.29) is 33.6 Å². The van der Waals surface area contributed by atoms with Crippen molar-refractivity contribution in [1.82, 2.24) is 0 Å². The van der Waals surface area contributed by atoms with E-state index in [2.05, 4.69) is 0 Å². The molecule has 0 bridgehead atoms. The van der Waals surface area contributed by atoms with Gasteiger partial charge in [0.05, 0.1) is 11.9 Å². The standard InChI is InChI=1S/C2H2O4.Fe.Ni/c3-1(4)2(5)6;;/h(H,3,4)(H,5,6);;/q;+3;+2/p-2. The fourth-order valence-electron chi connectivity index (χ4n) is 0. The van der Waals surface area contributed by atoms with Crippen LogP contribution in [0.5, 0.6) is 0 Å². The summed E-state index contributed by atoms with van der Waals surface area (Å²) in [6, 6.07) is 0. The quantitative estimate of drug-likeness (QED) is 0.301. The largest absolute Gasteiger partial charge is 3.00 e. The van der Waals surface area contributed by atoms with Gasteiger partial charge in [-0.15, -0.1) is 0 Å². The molecule has 0 aromatic rings. The molecule has 0 aliphatic rings. The first kappa shape index (κ1) is 15.7. The Morgan fingerprint density at radius 1 is 1.00 bits per heavy atom. The van der Waals surface area contributed by atoms with Crippen LogP contribution in [-0.4, -0.2) is 11.9 Å². The van der Waals surface area contributed by atoms with Crippen molar-refractivity contribution in [1.29, 1.82) is 0 Å². The fraction of sp³-hybridized carbons (Fsp3) is 0. The number of carbonyl (C=O) groups excluding carboxylic acids is 2. The Bertz CT molecular complexity index is 80.0. The van der Waals surface area contributed by atoms with Gasteiger partial charge in [-0.1, -0.05) is 0 Å². The third-order valence-corrected chi connectivity index (χ3v) is 0.167. The van der Waals surface area contributed by atoms with Crippen LogP contribution in [0.2, 0.25) is 0 Å². The van der Waals surface area contributed by atoms with E-state index in [1.807, 2.05) is 0 Å². The normalized spacial score (nSPS) is 5.50. The number of carboxylic acid groups (broad SMARTS) is 2. The number of carbonyl (C=O) groups is 2. The zero-order valence-corrected chi connectivity index (χ0v) is 5.39. The van der Waals surface area contributed by atoms with Crippen LogP contribution in [0, 0.1) is 0 Å². The molecule has 0 aromatic heterocycles. The van der Waals surface area contributed by atoms with Gasteiger partial charge in [-0.25, -0.2) is 0 Å². The minimum Gasteiger partial charge on any atom is -0.543 e. The molecule has 0 rings (SSSR count). The first-order valence-corrected chi connectivity index (χ1v) is 1.07. The molecule has 0 spiro atoms. The maximum atomic E-state index is 8.93. The summed E-state index contributed by atoms with van der Waals surface area (Å²) < 4.78 is 0. The minimum atomic E-state index is -2.19.